The molecule has 0 amide bonds. The molecule has 2 N–H and O–H groups in total. The van der Waals surface area contributed by atoms with Gasteiger partial charge < -0.3 is 15.2 Å². The fourth-order valence-electron chi connectivity index (χ4n) is 4.81. The van der Waals surface area contributed by atoms with Crippen LogP contribution in [0.15, 0.2) is 43.0 Å². The van der Waals surface area contributed by atoms with Crippen LogP contribution in [0.25, 0.3) is 27.1 Å². The minimum Gasteiger partial charge on any atom is -0.350 e. The molecule has 12 heteroatoms. The lowest BCUT2D eigenvalue weighted by Gasteiger charge is -2.45. The van der Waals surface area contributed by atoms with E-state index < -0.39 is 17.4 Å². The smallest absolute Gasteiger partial charge is 0.350 e. The number of rotatable bonds is 6. The van der Waals surface area contributed by atoms with Gasteiger partial charge in [-0.2, -0.15) is 13.2 Å². The zero-order chi connectivity index (χ0) is 26.7. The van der Waals surface area contributed by atoms with Crippen molar-refractivity contribution in [1.82, 2.24) is 24.9 Å². The maximum atomic E-state index is 14.7. The first-order valence-electron chi connectivity index (χ1n) is 12.1. The Labute approximate surface area is 215 Å². The van der Waals surface area contributed by atoms with Gasteiger partial charge in [0.15, 0.2) is 0 Å². The Hall–Kier alpha value is -4.27. The van der Waals surface area contributed by atoms with E-state index in [1.165, 1.54) is 12.4 Å². The number of nitrogens with zero attached hydrogens (tertiary/aromatic N) is 6. The van der Waals surface area contributed by atoms with Crippen molar-refractivity contribution in [1.29, 1.82) is 0 Å². The predicted molar refractivity (Wildman–Crippen MR) is 133 cm³/mol. The third-order valence-electron chi connectivity index (χ3n) is 7.16. The highest BCUT2D eigenvalue weighted by molar-refractivity contribution is 5.96. The Morgan fingerprint density at radius 1 is 1.16 bits per heavy atom. The van der Waals surface area contributed by atoms with Crippen LogP contribution in [-0.4, -0.2) is 43.7 Å². The minimum atomic E-state index is -4.56. The SMILES string of the molecule is [C-]#[N+]c1cnc(NC(C)c2ccc(N3CC(F)(C4CC4)C3)nc2)nc1-c1c[nH]c2ncc(C(F)(F)F)cc12. The van der Waals surface area contributed by atoms with E-state index in [1.54, 1.807) is 6.20 Å². The van der Waals surface area contributed by atoms with Gasteiger partial charge in [0.25, 0.3) is 0 Å². The van der Waals surface area contributed by atoms with Gasteiger partial charge in [0, 0.05) is 35.7 Å². The molecule has 194 valence electrons. The molecular weight excluding hydrogens is 500 g/mol. The van der Waals surface area contributed by atoms with Crippen molar-refractivity contribution in [3.05, 3.63) is 65.5 Å². The summed E-state index contributed by atoms with van der Waals surface area (Å²) in [4.78, 5) is 25.3. The van der Waals surface area contributed by atoms with E-state index in [2.05, 4.69) is 35.1 Å². The molecule has 1 unspecified atom stereocenters. The second-order valence-corrected chi connectivity index (χ2v) is 9.84. The van der Waals surface area contributed by atoms with Crippen LogP contribution in [0.1, 0.15) is 36.9 Å². The first-order valence-corrected chi connectivity index (χ1v) is 12.1. The highest BCUT2D eigenvalue weighted by Crippen LogP contribution is 2.48. The van der Waals surface area contributed by atoms with Gasteiger partial charge in [-0.25, -0.2) is 29.2 Å². The third kappa shape index (κ3) is 4.27. The van der Waals surface area contributed by atoms with Gasteiger partial charge in [0.2, 0.25) is 11.6 Å². The Kier molecular flexibility index (Phi) is 5.48. The number of hydrogen-bond acceptors (Lipinski definition) is 6. The predicted octanol–water partition coefficient (Wildman–Crippen LogP) is 6.10. The topological polar surface area (TPSA) is 87.0 Å². The van der Waals surface area contributed by atoms with Crippen molar-refractivity contribution in [2.75, 3.05) is 23.3 Å². The largest absolute Gasteiger partial charge is 0.417 e. The van der Waals surface area contributed by atoms with Crippen LogP contribution in [0.4, 0.5) is 35.0 Å². The van der Waals surface area contributed by atoms with E-state index in [-0.39, 0.29) is 40.3 Å². The van der Waals surface area contributed by atoms with Gasteiger partial charge in [0.1, 0.15) is 17.1 Å². The maximum absolute atomic E-state index is 14.7. The molecule has 4 aromatic heterocycles. The van der Waals surface area contributed by atoms with Crippen LogP contribution in [-0.2, 0) is 6.18 Å². The Morgan fingerprint density at radius 3 is 2.61 bits per heavy atom. The van der Waals surface area contributed by atoms with Gasteiger partial charge in [-0.15, -0.1) is 0 Å². The summed E-state index contributed by atoms with van der Waals surface area (Å²) >= 11 is 0. The molecule has 0 bridgehead atoms. The van der Waals surface area contributed by atoms with Gasteiger partial charge in [-0.05, 0) is 43.4 Å². The molecule has 0 aromatic carbocycles. The number of H-pyrrole nitrogens is 1. The summed E-state index contributed by atoms with van der Waals surface area (Å²) in [6.07, 6.45) is 2.65. The second kappa shape index (κ2) is 8.65. The lowest BCUT2D eigenvalue weighted by atomic mass is 9.91. The third-order valence-corrected chi connectivity index (χ3v) is 7.16. The zero-order valence-electron chi connectivity index (χ0n) is 20.2. The van der Waals surface area contributed by atoms with Crippen LogP contribution in [0.3, 0.4) is 0 Å². The molecule has 38 heavy (non-hydrogen) atoms. The summed E-state index contributed by atoms with van der Waals surface area (Å²) in [5.41, 5.74) is -0.286. The van der Waals surface area contributed by atoms with Crippen molar-refractivity contribution in [2.45, 2.75) is 37.7 Å². The monoisotopic (exact) mass is 522 g/mol. The standard InChI is InChI=1S/C26H22F4N8/c1-14(15-3-6-21(32-8-15)38-12-25(27,13-38)16-4-5-16)36-24-35-11-20(31-2)22(37-24)19-10-34-23-18(19)7-17(9-33-23)26(28,29)30/h3,6-11,14,16H,4-5,12-13H2,1H3,(H,33,34)(H,35,36,37). The average Bonchev–Trinajstić information content (AvgIpc) is 3.66. The fraction of sp³-hybridized carbons (Fsp3) is 0.346. The Bertz CT molecular complexity index is 1550. The highest BCUT2D eigenvalue weighted by Gasteiger charge is 2.54. The fourth-order valence-corrected chi connectivity index (χ4v) is 4.81. The quantitative estimate of drug-likeness (QED) is 0.235. The van der Waals surface area contributed by atoms with Gasteiger partial charge in [-0.1, -0.05) is 6.07 Å². The number of fused-ring (bicyclic) bond motifs is 1. The van der Waals surface area contributed by atoms with Gasteiger partial charge >= 0.3 is 6.18 Å². The summed E-state index contributed by atoms with van der Waals surface area (Å²) in [7, 11) is 0. The summed E-state index contributed by atoms with van der Waals surface area (Å²) in [5.74, 6) is 1.11. The van der Waals surface area contributed by atoms with Gasteiger partial charge in [0.05, 0.1) is 37.0 Å². The van der Waals surface area contributed by atoms with E-state index in [4.69, 9.17) is 6.57 Å². The Balaban J connectivity index is 1.22. The normalized spacial score (nSPS) is 17.6. The first-order chi connectivity index (χ1) is 18.1. The molecule has 6 rings (SSSR count). The van der Waals surface area contributed by atoms with E-state index in [1.807, 2.05) is 24.0 Å². The van der Waals surface area contributed by atoms with Crippen molar-refractivity contribution < 1.29 is 17.6 Å². The van der Waals surface area contributed by atoms with Crippen LogP contribution < -0.4 is 10.2 Å². The summed E-state index contributed by atoms with van der Waals surface area (Å²) in [5, 5.41) is 3.37. The van der Waals surface area contributed by atoms with Gasteiger partial charge in [-0.3, -0.25) is 0 Å². The summed E-state index contributed by atoms with van der Waals surface area (Å²) in [6.45, 7) is 10.1. The minimum absolute atomic E-state index is 0.0946. The molecule has 4 aromatic rings. The average molecular weight is 523 g/mol. The number of alkyl halides is 4. The summed E-state index contributed by atoms with van der Waals surface area (Å²) < 4.78 is 54.5. The Morgan fingerprint density at radius 2 is 1.95 bits per heavy atom. The maximum Gasteiger partial charge on any atom is 0.417 e. The van der Waals surface area contributed by atoms with Crippen LogP contribution >= 0.6 is 0 Å². The second-order valence-electron chi connectivity index (χ2n) is 9.84. The number of nitrogens with one attached hydrogen (secondary N) is 2. The van der Waals surface area contributed by atoms with Crippen molar-refractivity contribution in [3.8, 4) is 11.3 Å². The van der Waals surface area contributed by atoms with Crippen LogP contribution in [0.5, 0.6) is 0 Å². The molecule has 2 aliphatic rings. The molecule has 0 radical (unpaired) electrons. The molecule has 1 atom stereocenters. The number of halogens is 4. The van der Waals surface area contributed by atoms with Crippen LogP contribution in [0, 0.1) is 12.5 Å². The summed E-state index contributed by atoms with van der Waals surface area (Å²) in [6, 6.07) is 4.47. The molecule has 2 fully saturated rings. The van der Waals surface area contributed by atoms with Crippen LogP contribution in [0.2, 0.25) is 0 Å². The number of anilines is 2. The molecular formula is C26H22F4N8. The lowest BCUT2D eigenvalue weighted by molar-refractivity contribution is -0.137. The highest BCUT2D eigenvalue weighted by atomic mass is 19.4. The molecule has 1 aliphatic heterocycles. The zero-order valence-corrected chi connectivity index (χ0v) is 20.2. The van der Waals surface area contributed by atoms with Crippen molar-refractivity contribution >= 4 is 28.5 Å². The van der Waals surface area contributed by atoms with E-state index in [0.717, 1.165) is 36.5 Å². The van der Waals surface area contributed by atoms with E-state index >= 15 is 0 Å². The lowest BCUT2D eigenvalue weighted by Crippen LogP contribution is -2.60. The van der Waals surface area contributed by atoms with Crippen molar-refractivity contribution in [2.24, 2.45) is 5.92 Å². The molecule has 5 heterocycles. The molecule has 8 nitrogen and oxygen atoms in total. The number of hydrogen-bond donors (Lipinski definition) is 2. The molecule has 1 aliphatic carbocycles. The number of aromatic amines is 1. The first kappa shape index (κ1) is 24.1. The number of aromatic nitrogens is 5. The van der Waals surface area contributed by atoms with E-state index in [9.17, 15) is 17.6 Å². The van der Waals surface area contributed by atoms with E-state index in [0.29, 0.717) is 18.7 Å². The molecule has 1 saturated heterocycles. The molecule has 0 spiro atoms. The molecule has 1 saturated carbocycles. The number of pyridine rings is 2. The van der Waals surface area contributed by atoms with Crippen molar-refractivity contribution in [3.63, 3.8) is 0 Å².